The maximum absolute atomic E-state index is 10.7. The van der Waals surface area contributed by atoms with Crippen molar-refractivity contribution in [2.45, 2.75) is 48.5 Å². The minimum absolute atomic E-state index is 0.418. The number of carbonyl (C=O) groups excluding carboxylic acids is 1. The van der Waals surface area contributed by atoms with Crippen molar-refractivity contribution in [3.8, 4) is 0 Å². The highest BCUT2D eigenvalue weighted by molar-refractivity contribution is 5.87. The predicted octanol–water partition coefficient (Wildman–Crippen LogP) is 5.66. The molecule has 0 aromatic carbocycles. The van der Waals surface area contributed by atoms with Gasteiger partial charge in [0.15, 0.2) is 0 Å². The molecule has 0 fully saturated rings. The first kappa shape index (κ1) is 24.9. The number of carbonyl (C=O) groups is 1. The van der Waals surface area contributed by atoms with E-state index in [0.717, 1.165) is 11.1 Å². The van der Waals surface area contributed by atoms with Gasteiger partial charge >= 0.3 is 0 Å². The lowest BCUT2D eigenvalue weighted by Gasteiger charge is -1.99. The highest BCUT2D eigenvalue weighted by atomic mass is 16.1. The van der Waals surface area contributed by atoms with E-state index >= 15 is 0 Å². The molecule has 0 rings (SSSR count). The van der Waals surface area contributed by atoms with Crippen LogP contribution in [0.15, 0.2) is 71.9 Å². The standard InChI is InChI=1S/C12H17NO.C6H10.C2H6/c1-4-6-8-11(7-5-2)10(3)9-12(13)14;1-3-5-6-4-2;1-2/h4-9H,1-3H3,(H2,13,14);3-6H,1-2H3;1-2H3/b6-4-,7-5-,10-9+,11-8+;5-3-,6-4-;. The van der Waals surface area contributed by atoms with Crippen molar-refractivity contribution in [3.63, 3.8) is 0 Å². The number of nitrogens with two attached hydrogens (primary N) is 1. The maximum atomic E-state index is 10.7. The number of primary amides is 1. The lowest BCUT2D eigenvalue weighted by Crippen LogP contribution is -2.07. The largest absolute Gasteiger partial charge is 0.366 e. The molecule has 0 saturated heterocycles. The summed E-state index contributed by atoms with van der Waals surface area (Å²) in [6, 6.07) is 0. The molecular weight excluding hydrogens is 270 g/mol. The van der Waals surface area contributed by atoms with E-state index in [1.807, 2.05) is 103 Å². The van der Waals surface area contributed by atoms with Crippen LogP contribution in [-0.4, -0.2) is 5.91 Å². The minimum Gasteiger partial charge on any atom is -0.366 e. The fourth-order valence-electron chi connectivity index (χ4n) is 1.22. The van der Waals surface area contributed by atoms with Crippen LogP contribution < -0.4 is 5.73 Å². The summed E-state index contributed by atoms with van der Waals surface area (Å²) in [6.07, 6.45) is 19.1. The van der Waals surface area contributed by atoms with Gasteiger partial charge in [0.25, 0.3) is 0 Å². The van der Waals surface area contributed by atoms with Crippen LogP contribution in [0.4, 0.5) is 0 Å². The third-order valence-corrected chi connectivity index (χ3v) is 2.12. The van der Waals surface area contributed by atoms with Crippen LogP contribution in [0.25, 0.3) is 0 Å². The Kier molecular flexibility index (Phi) is 24.0. The van der Waals surface area contributed by atoms with E-state index in [9.17, 15) is 4.79 Å². The first-order valence-corrected chi connectivity index (χ1v) is 7.71. The number of hydrogen-bond acceptors (Lipinski definition) is 1. The highest BCUT2D eigenvalue weighted by Gasteiger charge is 1.96. The van der Waals surface area contributed by atoms with Crippen LogP contribution in [0.5, 0.6) is 0 Å². The molecule has 0 unspecified atom stereocenters. The summed E-state index contributed by atoms with van der Waals surface area (Å²) >= 11 is 0. The zero-order valence-corrected chi connectivity index (χ0v) is 15.3. The number of allylic oxidation sites excluding steroid dienone is 11. The molecule has 0 radical (unpaired) electrons. The molecule has 0 bridgehead atoms. The molecule has 22 heavy (non-hydrogen) atoms. The molecule has 0 aliphatic heterocycles. The van der Waals surface area contributed by atoms with Crippen LogP contribution in [0.1, 0.15) is 48.5 Å². The second-order valence-electron chi connectivity index (χ2n) is 3.93. The molecule has 0 spiro atoms. The average molecular weight is 303 g/mol. The molecule has 0 aliphatic carbocycles. The summed E-state index contributed by atoms with van der Waals surface area (Å²) in [5, 5.41) is 0. The molecule has 0 heterocycles. The molecule has 1 amide bonds. The normalized spacial score (nSPS) is 12.5. The van der Waals surface area contributed by atoms with Crippen LogP contribution in [0, 0.1) is 0 Å². The predicted molar refractivity (Wildman–Crippen MR) is 102 cm³/mol. The molecule has 124 valence electrons. The van der Waals surface area contributed by atoms with Gasteiger partial charge in [0, 0.05) is 6.08 Å². The summed E-state index contributed by atoms with van der Waals surface area (Å²) in [4.78, 5) is 10.7. The fourth-order valence-corrected chi connectivity index (χ4v) is 1.22. The molecule has 2 N–H and O–H groups in total. The maximum Gasteiger partial charge on any atom is 0.241 e. The van der Waals surface area contributed by atoms with E-state index < -0.39 is 5.91 Å². The van der Waals surface area contributed by atoms with Crippen LogP contribution in [-0.2, 0) is 4.79 Å². The third-order valence-electron chi connectivity index (χ3n) is 2.12. The number of amides is 1. The second-order valence-corrected chi connectivity index (χ2v) is 3.93. The molecule has 0 aliphatic rings. The fraction of sp³-hybridized carbons (Fsp3) is 0.350. The van der Waals surface area contributed by atoms with Gasteiger partial charge in [-0.15, -0.1) is 0 Å². The van der Waals surface area contributed by atoms with Gasteiger partial charge in [-0.05, 0) is 45.8 Å². The third kappa shape index (κ3) is 20.2. The second kappa shape index (κ2) is 21.2. The molecule has 0 aromatic heterocycles. The molecule has 0 saturated carbocycles. The van der Waals surface area contributed by atoms with Gasteiger partial charge < -0.3 is 5.73 Å². The Bertz CT molecular complexity index is 423. The first-order chi connectivity index (χ1) is 10.5. The van der Waals surface area contributed by atoms with Crippen molar-refractivity contribution in [1.29, 1.82) is 0 Å². The molecule has 0 atom stereocenters. The number of rotatable bonds is 5. The average Bonchev–Trinajstić information content (AvgIpc) is 2.51. The van der Waals surface area contributed by atoms with Gasteiger partial charge in [0.2, 0.25) is 5.91 Å². The Labute approximate surface area is 137 Å². The van der Waals surface area contributed by atoms with Crippen molar-refractivity contribution in [2.24, 2.45) is 5.73 Å². The lowest BCUT2D eigenvalue weighted by atomic mass is 10.1. The van der Waals surface area contributed by atoms with Crippen LogP contribution in [0.2, 0.25) is 0 Å². The van der Waals surface area contributed by atoms with Gasteiger partial charge in [-0.2, -0.15) is 0 Å². The summed E-state index contributed by atoms with van der Waals surface area (Å²) in [7, 11) is 0. The van der Waals surface area contributed by atoms with E-state index in [0.29, 0.717) is 0 Å². The van der Waals surface area contributed by atoms with Gasteiger partial charge in [-0.1, -0.05) is 68.5 Å². The smallest absolute Gasteiger partial charge is 0.241 e. The topological polar surface area (TPSA) is 43.1 Å². The van der Waals surface area contributed by atoms with E-state index in [2.05, 4.69) is 0 Å². The molecular formula is C20H33NO. The quantitative estimate of drug-likeness (QED) is 0.516. The van der Waals surface area contributed by atoms with Crippen molar-refractivity contribution in [2.75, 3.05) is 0 Å². The zero-order valence-electron chi connectivity index (χ0n) is 15.3. The van der Waals surface area contributed by atoms with Gasteiger partial charge in [0.05, 0.1) is 0 Å². The summed E-state index contributed by atoms with van der Waals surface area (Å²) < 4.78 is 0. The summed E-state index contributed by atoms with van der Waals surface area (Å²) in [6.45, 7) is 13.7. The summed E-state index contributed by atoms with van der Waals surface area (Å²) in [5.74, 6) is -0.418. The van der Waals surface area contributed by atoms with Crippen molar-refractivity contribution in [1.82, 2.24) is 0 Å². The van der Waals surface area contributed by atoms with Gasteiger partial charge in [0.1, 0.15) is 0 Å². The SMILES string of the molecule is C/C=C\C=C/C.CC.C\C=C/C=C(\C=C/C)C(/C)=C/C(N)=O. The monoisotopic (exact) mass is 303 g/mol. The Morgan fingerprint density at radius 2 is 1.27 bits per heavy atom. The Morgan fingerprint density at radius 1 is 0.818 bits per heavy atom. The Balaban J connectivity index is -0.000000378. The molecule has 2 heteroatoms. The first-order valence-electron chi connectivity index (χ1n) is 7.71. The van der Waals surface area contributed by atoms with E-state index in [1.54, 1.807) is 0 Å². The minimum atomic E-state index is -0.418. The van der Waals surface area contributed by atoms with Gasteiger partial charge in [-0.3, -0.25) is 4.79 Å². The Morgan fingerprint density at radius 3 is 1.59 bits per heavy atom. The van der Waals surface area contributed by atoms with Crippen molar-refractivity contribution >= 4 is 5.91 Å². The lowest BCUT2D eigenvalue weighted by molar-refractivity contribution is -0.113. The summed E-state index contributed by atoms with van der Waals surface area (Å²) in [5.41, 5.74) is 6.93. The van der Waals surface area contributed by atoms with Crippen LogP contribution in [0.3, 0.4) is 0 Å². The van der Waals surface area contributed by atoms with Gasteiger partial charge in [-0.25, -0.2) is 0 Å². The van der Waals surface area contributed by atoms with E-state index in [1.165, 1.54) is 6.08 Å². The van der Waals surface area contributed by atoms with E-state index in [-0.39, 0.29) is 0 Å². The molecule has 0 aromatic rings. The Hall–Kier alpha value is -2.09. The van der Waals surface area contributed by atoms with Crippen molar-refractivity contribution < 1.29 is 4.79 Å². The zero-order chi connectivity index (χ0) is 17.8. The number of hydrogen-bond donors (Lipinski definition) is 1. The van der Waals surface area contributed by atoms with Crippen LogP contribution >= 0.6 is 0 Å². The van der Waals surface area contributed by atoms with E-state index in [4.69, 9.17) is 5.73 Å². The van der Waals surface area contributed by atoms with Crippen molar-refractivity contribution in [3.05, 3.63) is 71.9 Å². The molecule has 2 nitrogen and oxygen atoms in total. The highest BCUT2D eigenvalue weighted by Crippen LogP contribution is 2.10.